The van der Waals surface area contributed by atoms with Gasteiger partial charge in [-0.15, -0.1) is 0 Å². The summed E-state index contributed by atoms with van der Waals surface area (Å²) in [6, 6.07) is 6.22. The average molecular weight is 331 g/mol. The van der Waals surface area contributed by atoms with E-state index in [2.05, 4.69) is 28.2 Å². The molecule has 0 saturated carbocycles. The smallest absolute Gasteiger partial charge is 0.105 e. The summed E-state index contributed by atoms with van der Waals surface area (Å²) in [5.41, 5.74) is 7.52. The van der Waals surface area contributed by atoms with Crippen molar-refractivity contribution >= 4 is 38.8 Å². The lowest BCUT2D eigenvalue weighted by Crippen LogP contribution is -2.24. The van der Waals surface area contributed by atoms with Crippen LogP contribution >= 0.6 is 28.1 Å². The Bertz CT molecular complexity index is 406. The highest BCUT2D eigenvalue weighted by Crippen LogP contribution is 2.22. The molecule has 0 spiro atoms. The average Bonchev–Trinajstić information content (AvgIpc) is 2.29. The number of hydrogen-bond acceptors (Lipinski definition) is 3. The molecule has 1 rings (SSSR count). The van der Waals surface area contributed by atoms with Gasteiger partial charge in [0.05, 0.1) is 6.61 Å². The summed E-state index contributed by atoms with van der Waals surface area (Å²) in [6.45, 7) is 2.86. The van der Waals surface area contributed by atoms with Crippen molar-refractivity contribution in [2.75, 3.05) is 19.0 Å². The van der Waals surface area contributed by atoms with Crippen molar-refractivity contribution in [1.29, 1.82) is 0 Å². The summed E-state index contributed by atoms with van der Waals surface area (Å²) in [6.07, 6.45) is 2.19. The Morgan fingerprint density at radius 3 is 2.78 bits per heavy atom. The first-order chi connectivity index (χ1) is 8.58. The molecule has 0 heterocycles. The van der Waals surface area contributed by atoms with Crippen LogP contribution in [0.1, 0.15) is 25.3 Å². The fraction of sp³-hybridized carbons (Fsp3) is 0.462. The van der Waals surface area contributed by atoms with E-state index in [1.54, 1.807) is 7.11 Å². The predicted octanol–water partition coefficient (Wildman–Crippen LogP) is 3.31. The maximum atomic E-state index is 5.62. The maximum Gasteiger partial charge on any atom is 0.105 e. The van der Waals surface area contributed by atoms with E-state index in [-0.39, 0.29) is 0 Å². The lowest BCUT2D eigenvalue weighted by Gasteiger charge is -2.19. The van der Waals surface area contributed by atoms with Crippen LogP contribution in [0.15, 0.2) is 22.7 Å². The number of benzene rings is 1. The van der Waals surface area contributed by atoms with E-state index in [1.807, 2.05) is 18.2 Å². The summed E-state index contributed by atoms with van der Waals surface area (Å²) in [5, 5.41) is 3.45. The van der Waals surface area contributed by atoms with Gasteiger partial charge in [0.2, 0.25) is 0 Å². The quantitative estimate of drug-likeness (QED) is 0.753. The van der Waals surface area contributed by atoms with Gasteiger partial charge in [-0.1, -0.05) is 25.6 Å². The van der Waals surface area contributed by atoms with Crippen LogP contribution in [0.4, 0.5) is 5.69 Å². The number of thiocarbonyl (C=S) groups is 1. The largest absolute Gasteiger partial charge is 0.389 e. The topological polar surface area (TPSA) is 47.3 Å². The fourth-order valence-corrected chi connectivity index (χ4v) is 2.69. The van der Waals surface area contributed by atoms with Crippen molar-refractivity contribution < 1.29 is 4.74 Å². The van der Waals surface area contributed by atoms with Crippen molar-refractivity contribution in [1.82, 2.24) is 0 Å². The van der Waals surface area contributed by atoms with Crippen LogP contribution < -0.4 is 11.1 Å². The van der Waals surface area contributed by atoms with Crippen LogP contribution in [0.5, 0.6) is 0 Å². The van der Waals surface area contributed by atoms with Crippen molar-refractivity contribution in [3.05, 3.63) is 28.2 Å². The second-order valence-electron chi connectivity index (χ2n) is 4.14. The minimum Gasteiger partial charge on any atom is -0.389 e. The van der Waals surface area contributed by atoms with Gasteiger partial charge in [0.1, 0.15) is 4.99 Å². The summed E-state index contributed by atoms with van der Waals surface area (Å²) in [4.78, 5) is 0.399. The van der Waals surface area contributed by atoms with Crippen molar-refractivity contribution in [2.45, 2.75) is 25.8 Å². The molecule has 0 aliphatic heterocycles. The van der Waals surface area contributed by atoms with Crippen LogP contribution in [-0.2, 0) is 4.74 Å². The van der Waals surface area contributed by atoms with Gasteiger partial charge in [0.25, 0.3) is 0 Å². The molecule has 0 amide bonds. The van der Waals surface area contributed by atoms with E-state index in [4.69, 9.17) is 22.7 Å². The number of hydrogen-bond donors (Lipinski definition) is 2. The minimum absolute atomic E-state index is 0.322. The number of rotatable bonds is 7. The van der Waals surface area contributed by atoms with Crippen LogP contribution in [0.25, 0.3) is 0 Å². The molecular formula is C13H19BrN2OS. The van der Waals surface area contributed by atoms with Crippen molar-refractivity contribution in [3.8, 4) is 0 Å². The molecular weight excluding hydrogens is 312 g/mol. The molecule has 100 valence electrons. The zero-order chi connectivity index (χ0) is 13.5. The van der Waals surface area contributed by atoms with Crippen molar-refractivity contribution in [3.63, 3.8) is 0 Å². The van der Waals surface area contributed by atoms with Crippen LogP contribution in [-0.4, -0.2) is 24.7 Å². The van der Waals surface area contributed by atoms with Gasteiger partial charge in [-0.25, -0.2) is 0 Å². The molecule has 0 aromatic heterocycles. The molecule has 3 nitrogen and oxygen atoms in total. The number of halogens is 1. The maximum absolute atomic E-state index is 5.62. The Hall–Kier alpha value is -0.650. The fourth-order valence-electron chi connectivity index (χ4n) is 1.79. The lowest BCUT2D eigenvalue weighted by atomic mass is 10.1. The van der Waals surface area contributed by atoms with E-state index in [0.29, 0.717) is 17.6 Å². The summed E-state index contributed by atoms with van der Waals surface area (Å²) in [5.74, 6) is 0. The summed E-state index contributed by atoms with van der Waals surface area (Å²) >= 11 is 8.45. The molecule has 0 aliphatic carbocycles. The molecule has 0 radical (unpaired) electrons. The van der Waals surface area contributed by atoms with Crippen LogP contribution in [0.2, 0.25) is 0 Å². The molecule has 0 fully saturated rings. The van der Waals surface area contributed by atoms with E-state index < -0.39 is 0 Å². The normalized spacial score (nSPS) is 12.2. The van der Waals surface area contributed by atoms with E-state index in [0.717, 1.165) is 28.6 Å². The van der Waals surface area contributed by atoms with E-state index >= 15 is 0 Å². The lowest BCUT2D eigenvalue weighted by molar-refractivity contribution is 0.182. The zero-order valence-corrected chi connectivity index (χ0v) is 13.1. The predicted molar refractivity (Wildman–Crippen MR) is 84.2 cm³/mol. The first-order valence-electron chi connectivity index (χ1n) is 5.93. The van der Waals surface area contributed by atoms with Gasteiger partial charge in [-0.2, -0.15) is 0 Å². The molecule has 0 saturated heterocycles. The SMILES string of the molecule is CCCC(COC)Nc1ccc(C(N)=S)c(Br)c1. The van der Waals surface area contributed by atoms with Crippen molar-refractivity contribution in [2.24, 2.45) is 5.73 Å². The molecule has 0 bridgehead atoms. The Kier molecular flexibility index (Phi) is 6.60. The van der Waals surface area contributed by atoms with Crippen LogP contribution in [0.3, 0.4) is 0 Å². The highest BCUT2D eigenvalue weighted by atomic mass is 79.9. The molecule has 1 aromatic carbocycles. The zero-order valence-electron chi connectivity index (χ0n) is 10.7. The number of nitrogens with one attached hydrogen (secondary N) is 1. The first kappa shape index (κ1) is 15.4. The molecule has 0 aliphatic rings. The third kappa shape index (κ3) is 4.55. The number of methoxy groups -OCH3 is 1. The third-order valence-corrected chi connectivity index (χ3v) is 3.49. The van der Waals surface area contributed by atoms with Gasteiger partial charge < -0.3 is 15.8 Å². The number of ether oxygens (including phenoxy) is 1. The molecule has 18 heavy (non-hydrogen) atoms. The second kappa shape index (κ2) is 7.71. The number of anilines is 1. The van der Waals surface area contributed by atoms with Gasteiger partial charge >= 0.3 is 0 Å². The highest BCUT2D eigenvalue weighted by molar-refractivity contribution is 9.10. The molecule has 5 heteroatoms. The Morgan fingerprint density at radius 1 is 1.56 bits per heavy atom. The van der Waals surface area contributed by atoms with Gasteiger partial charge in [0, 0.05) is 28.9 Å². The minimum atomic E-state index is 0.322. The van der Waals surface area contributed by atoms with Gasteiger partial charge in [0.15, 0.2) is 0 Å². The molecule has 1 unspecified atom stereocenters. The Morgan fingerprint density at radius 2 is 2.28 bits per heavy atom. The summed E-state index contributed by atoms with van der Waals surface area (Å²) in [7, 11) is 1.72. The number of nitrogens with two attached hydrogens (primary N) is 1. The Balaban J connectivity index is 2.77. The molecule has 1 atom stereocenters. The second-order valence-corrected chi connectivity index (χ2v) is 5.44. The van der Waals surface area contributed by atoms with Crippen LogP contribution in [0, 0.1) is 0 Å². The summed E-state index contributed by atoms with van der Waals surface area (Å²) < 4.78 is 6.12. The first-order valence-corrected chi connectivity index (χ1v) is 7.13. The molecule has 1 aromatic rings. The monoisotopic (exact) mass is 330 g/mol. The van der Waals surface area contributed by atoms with Gasteiger partial charge in [-0.3, -0.25) is 0 Å². The standard InChI is InChI=1S/C13H19BrN2OS/c1-3-4-10(8-17-2)16-9-5-6-11(13(15)18)12(14)7-9/h5-7,10,16H,3-4,8H2,1-2H3,(H2,15,18). The molecule has 3 N–H and O–H groups in total. The third-order valence-electron chi connectivity index (χ3n) is 2.61. The van der Waals surface area contributed by atoms with E-state index in [1.165, 1.54) is 0 Å². The van der Waals surface area contributed by atoms with E-state index in [9.17, 15) is 0 Å². The van der Waals surface area contributed by atoms with Gasteiger partial charge in [-0.05, 0) is 40.5 Å². The Labute approximate surface area is 122 Å². The highest BCUT2D eigenvalue weighted by Gasteiger charge is 2.09.